The first-order chi connectivity index (χ1) is 8.66. The second kappa shape index (κ2) is 6.28. The summed E-state index contributed by atoms with van der Waals surface area (Å²) in [5.74, 6) is 2.29. The minimum atomic E-state index is 0.343. The SMILES string of the molecule is CC(C)SCC(=O)CC1CCOc2ccccc21. The maximum absolute atomic E-state index is 12.0. The van der Waals surface area contributed by atoms with E-state index in [2.05, 4.69) is 19.9 Å². The molecule has 1 unspecified atom stereocenters. The summed E-state index contributed by atoms with van der Waals surface area (Å²) in [6.45, 7) is 4.98. The van der Waals surface area contributed by atoms with Gasteiger partial charge in [-0.3, -0.25) is 4.79 Å². The molecule has 1 aliphatic heterocycles. The first-order valence-electron chi connectivity index (χ1n) is 6.52. The largest absolute Gasteiger partial charge is 0.493 e. The molecule has 0 N–H and O–H groups in total. The molecule has 0 radical (unpaired) electrons. The third-order valence-corrected chi connectivity index (χ3v) is 4.29. The minimum absolute atomic E-state index is 0.343. The van der Waals surface area contributed by atoms with Crippen LogP contribution in [0.5, 0.6) is 5.75 Å². The highest BCUT2D eigenvalue weighted by atomic mass is 32.2. The highest BCUT2D eigenvalue weighted by molar-refractivity contribution is 8.00. The standard InChI is InChI=1S/C15H20O2S/c1-11(2)18-10-13(16)9-12-7-8-17-15-6-4-3-5-14(12)15/h3-6,11-12H,7-10H2,1-2H3. The third kappa shape index (κ3) is 3.52. The van der Waals surface area contributed by atoms with Gasteiger partial charge in [0, 0.05) is 6.42 Å². The van der Waals surface area contributed by atoms with Gasteiger partial charge >= 0.3 is 0 Å². The molecule has 18 heavy (non-hydrogen) atoms. The van der Waals surface area contributed by atoms with Gasteiger partial charge in [0.25, 0.3) is 0 Å². The average Bonchev–Trinajstić information content (AvgIpc) is 2.37. The fourth-order valence-electron chi connectivity index (χ4n) is 2.22. The van der Waals surface area contributed by atoms with E-state index in [9.17, 15) is 4.79 Å². The summed E-state index contributed by atoms with van der Waals surface area (Å²) >= 11 is 1.73. The Labute approximate surface area is 113 Å². The lowest BCUT2D eigenvalue weighted by Crippen LogP contribution is -2.18. The van der Waals surface area contributed by atoms with Crippen molar-refractivity contribution in [1.82, 2.24) is 0 Å². The van der Waals surface area contributed by atoms with Crippen LogP contribution in [-0.2, 0) is 4.79 Å². The number of carbonyl (C=O) groups is 1. The summed E-state index contributed by atoms with van der Waals surface area (Å²) in [7, 11) is 0. The van der Waals surface area contributed by atoms with Crippen molar-refractivity contribution in [3.8, 4) is 5.75 Å². The molecule has 1 aliphatic rings. The van der Waals surface area contributed by atoms with Crippen LogP contribution in [0.4, 0.5) is 0 Å². The van der Waals surface area contributed by atoms with Gasteiger partial charge in [-0.25, -0.2) is 0 Å². The molecule has 1 heterocycles. The van der Waals surface area contributed by atoms with Crippen molar-refractivity contribution in [3.05, 3.63) is 29.8 Å². The number of para-hydroxylation sites is 1. The van der Waals surface area contributed by atoms with Gasteiger partial charge in [-0.05, 0) is 29.2 Å². The summed E-state index contributed by atoms with van der Waals surface area (Å²) in [6, 6.07) is 8.09. The first kappa shape index (κ1) is 13.5. The number of ketones is 1. The van der Waals surface area contributed by atoms with Crippen molar-refractivity contribution in [3.63, 3.8) is 0 Å². The molecule has 0 aromatic heterocycles. The fraction of sp³-hybridized carbons (Fsp3) is 0.533. The van der Waals surface area contributed by atoms with E-state index in [0.717, 1.165) is 18.8 Å². The van der Waals surface area contributed by atoms with E-state index in [-0.39, 0.29) is 0 Å². The monoisotopic (exact) mass is 264 g/mol. The van der Waals surface area contributed by atoms with E-state index in [1.54, 1.807) is 11.8 Å². The Morgan fingerprint density at radius 3 is 3.00 bits per heavy atom. The summed E-state index contributed by atoms with van der Waals surface area (Å²) < 4.78 is 5.62. The maximum Gasteiger partial charge on any atom is 0.143 e. The summed E-state index contributed by atoms with van der Waals surface area (Å²) in [4.78, 5) is 12.0. The number of Topliss-reactive ketones (excluding diaryl/α,β-unsaturated/α-hetero) is 1. The Hall–Kier alpha value is -0.960. The van der Waals surface area contributed by atoms with Crippen LogP contribution in [-0.4, -0.2) is 23.4 Å². The van der Waals surface area contributed by atoms with Gasteiger partial charge < -0.3 is 4.74 Å². The first-order valence-corrected chi connectivity index (χ1v) is 7.56. The minimum Gasteiger partial charge on any atom is -0.493 e. The summed E-state index contributed by atoms with van der Waals surface area (Å²) in [5, 5.41) is 0.524. The molecule has 0 spiro atoms. The van der Waals surface area contributed by atoms with Crippen LogP contribution >= 0.6 is 11.8 Å². The summed E-state index contributed by atoms with van der Waals surface area (Å²) in [6.07, 6.45) is 1.61. The van der Waals surface area contributed by atoms with Gasteiger partial charge in [-0.1, -0.05) is 32.0 Å². The zero-order chi connectivity index (χ0) is 13.0. The van der Waals surface area contributed by atoms with Crippen molar-refractivity contribution in [2.24, 2.45) is 0 Å². The predicted octanol–water partition coefficient (Wildman–Crippen LogP) is 3.65. The molecule has 1 aromatic rings. The van der Waals surface area contributed by atoms with E-state index < -0.39 is 0 Å². The van der Waals surface area contributed by atoms with E-state index in [1.807, 2.05) is 18.2 Å². The van der Waals surface area contributed by atoms with Gasteiger partial charge in [0.2, 0.25) is 0 Å². The second-order valence-corrected chi connectivity index (χ2v) is 6.54. The zero-order valence-corrected chi connectivity index (χ0v) is 11.8. The van der Waals surface area contributed by atoms with Gasteiger partial charge in [-0.2, -0.15) is 11.8 Å². The van der Waals surface area contributed by atoms with Crippen LogP contribution in [0.3, 0.4) is 0 Å². The number of hydrogen-bond acceptors (Lipinski definition) is 3. The van der Waals surface area contributed by atoms with Crippen molar-refractivity contribution in [2.75, 3.05) is 12.4 Å². The molecular weight excluding hydrogens is 244 g/mol. The van der Waals surface area contributed by atoms with Crippen molar-refractivity contribution in [2.45, 2.75) is 37.9 Å². The highest BCUT2D eigenvalue weighted by Crippen LogP contribution is 2.35. The number of fused-ring (bicyclic) bond motifs is 1. The Morgan fingerprint density at radius 2 is 2.22 bits per heavy atom. The topological polar surface area (TPSA) is 26.3 Å². The lowest BCUT2D eigenvalue weighted by atomic mass is 9.89. The molecule has 0 amide bonds. The molecule has 0 saturated heterocycles. The average molecular weight is 264 g/mol. The highest BCUT2D eigenvalue weighted by Gasteiger charge is 2.23. The van der Waals surface area contributed by atoms with E-state index in [0.29, 0.717) is 29.1 Å². The molecule has 0 bridgehead atoms. The third-order valence-electron chi connectivity index (χ3n) is 3.13. The molecule has 0 fully saturated rings. The lowest BCUT2D eigenvalue weighted by Gasteiger charge is -2.25. The van der Waals surface area contributed by atoms with Crippen LogP contribution in [0.2, 0.25) is 0 Å². The molecule has 98 valence electrons. The van der Waals surface area contributed by atoms with E-state index >= 15 is 0 Å². The van der Waals surface area contributed by atoms with Gasteiger partial charge in [0.1, 0.15) is 11.5 Å². The number of rotatable bonds is 5. The van der Waals surface area contributed by atoms with E-state index in [1.165, 1.54) is 5.56 Å². The number of hydrogen-bond donors (Lipinski definition) is 0. The van der Waals surface area contributed by atoms with Crippen LogP contribution in [0.25, 0.3) is 0 Å². The van der Waals surface area contributed by atoms with Gasteiger partial charge in [-0.15, -0.1) is 0 Å². The Morgan fingerprint density at radius 1 is 1.44 bits per heavy atom. The smallest absolute Gasteiger partial charge is 0.143 e. The second-order valence-electron chi connectivity index (χ2n) is 4.97. The number of thioether (sulfide) groups is 1. The molecule has 0 aliphatic carbocycles. The number of carbonyl (C=O) groups excluding carboxylic acids is 1. The normalized spacial score (nSPS) is 18.3. The molecular formula is C15H20O2S. The maximum atomic E-state index is 12.0. The predicted molar refractivity (Wildman–Crippen MR) is 76.5 cm³/mol. The summed E-state index contributed by atoms with van der Waals surface area (Å²) in [5.41, 5.74) is 1.20. The van der Waals surface area contributed by atoms with Crippen LogP contribution in [0, 0.1) is 0 Å². The molecule has 2 nitrogen and oxygen atoms in total. The Kier molecular flexibility index (Phi) is 4.70. The van der Waals surface area contributed by atoms with Gasteiger partial charge in [0.15, 0.2) is 0 Å². The fourth-order valence-corrected chi connectivity index (χ4v) is 2.86. The Balaban J connectivity index is 1.96. The van der Waals surface area contributed by atoms with Gasteiger partial charge in [0.05, 0.1) is 12.4 Å². The molecule has 0 saturated carbocycles. The molecule has 1 atom stereocenters. The van der Waals surface area contributed by atoms with Crippen LogP contribution in [0.1, 0.15) is 38.2 Å². The lowest BCUT2D eigenvalue weighted by molar-refractivity contribution is -0.117. The number of ether oxygens (including phenoxy) is 1. The van der Waals surface area contributed by atoms with E-state index in [4.69, 9.17) is 4.74 Å². The van der Waals surface area contributed by atoms with Crippen LogP contribution in [0.15, 0.2) is 24.3 Å². The molecule has 1 aromatic carbocycles. The van der Waals surface area contributed by atoms with Crippen molar-refractivity contribution in [1.29, 1.82) is 0 Å². The molecule has 2 rings (SSSR count). The Bertz CT molecular complexity index is 415. The van der Waals surface area contributed by atoms with Crippen LogP contribution < -0.4 is 4.74 Å². The number of benzene rings is 1. The zero-order valence-electron chi connectivity index (χ0n) is 11.0. The van der Waals surface area contributed by atoms with Crippen molar-refractivity contribution >= 4 is 17.5 Å². The molecule has 3 heteroatoms. The van der Waals surface area contributed by atoms with Crippen molar-refractivity contribution < 1.29 is 9.53 Å². The quantitative estimate of drug-likeness (QED) is 0.812.